The summed E-state index contributed by atoms with van der Waals surface area (Å²) in [6.07, 6.45) is 3.05. The lowest BCUT2D eigenvalue weighted by Gasteiger charge is -2.08. The van der Waals surface area contributed by atoms with Gasteiger partial charge in [0.05, 0.1) is 17.6 Å². The number of aliphatic carboxylic acids is 1. The second kappa shape index (κ2) is 7.22. The van der Waals surface area contributed by atoms with Gasteiger partial charge >= 0.3 is 5.97 Å². The van der Waals surface area contributed by atoms with E-state index in [1.807, 2.05) is 0 Å². The Morgan fingerprint density at radius 1 is 1.31 bits per heavy atom. The largest absolute Gasteiger partial charge is 0.480 e. The molecular weight excluding hydrogens is 362 g/mol. The van der Waals surface area contributed by atoms with Crippen LogP contribution in [0.25, 0.3) is 0 Å². The monoisotopic (exact) mass is 379 g/mol. The van der Waals surface area contributed by atoms with E-state index in [0.29, 0.717) is 5.69 Å². The molecule has 0 aliphatic heterocycles. The molecule has 1 aromatic heterocycles. The van der Waals surface area contributed by atoms with Crippen LogP contribution in [-0.4, -0.2) is 46.4 Å². The fourth-order valence-electron chi connectivity index (χ4n) is 2.20. The molecule has 138 valence electrons. The van der Waals surface area contributed by atoms with Crippen LogP contribution in [0.3, 0.4) is 0 Å². The maximum Gasteiger partial charge on any atom is 0.325 e. The van der Waals surface area contributed by atoms with Crippen molar-refractivity contribution in [3.63, 3.8) is 0 Å². The number of nitrogens with one attached hydrogen (secondary N) is 2. The minimum atomic E-state index is -3.64. The van der Waals surface area contributed by atoms with Crippen molar-refractivity contribution in [3.8, 4) is 0 Å². The van der Waals surface area contributed by atoms with Crippen LogP contribution in [0.4, 0.5) is 0 Å². The van der Waals surface area contributed by atoms with Crippen LogP contribution >= 0.6 is 0 Å². The number of rotatable bonds is 8. The lowest BCUT2D eigenvalue weighted by atomic mass is 10.2. The predicted molar refractivity (Wildman–Crippen MR) is 88.6 cm³/mol. The molecule has 0 spiro atoms. The number of carbonyl (C=O) groups is 2. The SMILES string of the molecule is O=C(O)Cn1cc(CNC(=O)c2cccc(S(=O)(=O)NC3CC3)c2)nn1. The Balaban J connectivity index is 1.63. The van der Waals surface area contributed by atoms with E-state index in [9.17, 15) is 18.0 Å². The average molecular weight is 379 g/mol. The van der Waals surface area contributed by atoms with Gasteiger partial charge in [0, 0.05) is 11.6 Å². The highest BCUT2D eigenvalue weighted by atomic mass is 32.2. The molecule has 1 aliphatic carbocycles. The summed E-state index contributed by atoms with van der Waals surface area (Å²) in [6, 6.07) is 5.72. The molecule has 1 aliphatic rings. The molecule has 1 aromatic carbocycles. The third-order valence-corrected chi connectivity index (χ3v) is 5.14. The van der Waals surface area contributed by atoms with Crippen molar-refractivity contribution in [1.29, 1.82) is 0 Å². The molecule has 0 saturated heterocycles. The summed E-state index contributed by atoms with van der Waals surface area (Å²) in [4.78, 5) is 22.9. The zero-order valence-corrected chi connectivity index (χ0v) is 14.4. The molecule has 1 heterocycles. The number of carboxylic acid groups (broad SMARTS) is 1. The Morgan fingerprint density at radius 2 is 2.08 bits per heavy atom. The van der Waals surface area contributed by atoms with Gasteiger partial charge in [-0.3, -0.25) is 9.59 Å². The third kappa shape index (κ3) is 4.64. The Kier molecular flexibility index (Phi) is 5.00. The zero-order valence-electron chi connectivity index (χ0n) is 13.6. The average Bonchev–Trinajstić information content (AvgIpc) is 3.28. The summed E-state index contributed by atoms with van der Waals surface area (Å²) in [5.41, 5.74) is 0.584. The van der Waals surface area contributed by atoms with Crippen molar-refractivity contribution >= 4 is 21.9 Å². The highest BCUT2D eigenvalue weighted by molar-refractivity contribution is 7.89. The minimum absolute atomic E-state index is 0.0223. The van der Waals surface area contributed by atoms with E-state index in [4.69, 9.17) is 5.11 Å². The molecule has 10 nitrogen and oxygen atoms in total. The van der Waals surface area contributed by atoms with E-state index in [1.165, 1.54) is 30.5 Å². The summed E-state index contributed by atoms with van der Waals surface area (Å²) >= 11 is 0. The molecule has 11 heteroatoms. The van der Waals surface area contributed by atoms with E-state index in [1.54, 1.807) is 0 Å². The first-order valence-electron chi connectivity index (χ1n) is 7.85. The fourth-order valence-corrected chi connectivity index (χ4v) is 3.55. The van der Waals surface area contributed by atoms with Crippen molar-refractivity contribution in [2.45, 2.75) is 36.9 Å². The van der Waals surface area contributed by atoms with E-state index in [2.05, 4.69) is 20.4 Å². The van der Waals surface area contributed by atoms with Gasteiger partial charge in [0.2, 0.25) is 10.0 Å². The summed E-state index contributed by atoms with van der Waals surface area (Å²) < 4.78 is 28.1. The first-order valence-corrected chi connectivity index (χ1v) is 9.33. The zero-order chi connectivity index (χ0) is 18.7. The van der Waals surface area contributed by atoms with Gasteiger partial charge in [-0.05, 0) is 31.0 Å². The van der Waals surface area contributed by atoms with Crippen molar-refractivity contribution in [2.75, 3.05) is 0 Å². The van der Waals surface area contributed by atoms with Gasteiger partial charge < -0.3 is 10.4 Å². The number of hydrogen-bond acceptors (Lipinski definition) is 6. The van der Waals surface area contributed by atoms with E-state index in [0.717, 1.165) is 17.5 Å². The fraction of sp³-hybridized carbons (Fsp3) is 0.333. The number of carbonyl (C=O) groups excluding carboxylic acids is 1. The quantitative estimate of drug-likeness (QED) is 0.573. The molecule has 1 amide bonds. The van der Waals surface area contributed by atoms with Gasteiger partial charge in [0.15, 0.2) is 0 Å². The number of hydrogen-bond donors (Lipinski definition) is 3. The van der Waals surface area contributed by atoms with Gasteiger partial charge in [0.1, 0.15) is 12.2 Å². The van der Waals surface area contributed by atoms with Crippen molar-refractivity contribution in [3.05, 3.63) is 41.7 Å². The normalized spacial score (nSPS) is 14.2. The second-order valence-corrected chi connectivity index (χ2v) is 7.62. The highest BCUT2D eigenvalue weighted by Crippen LogP contribution is 2.22. The third-order valence-electron chi connectivity index (χ3n) is 3.62. The van der Waals surface area contributed by atoms with Crippen LogP contribution < -0.4 is 10.0 Å². The maximum atomic E-state index is 12.2. The van der Waals surface area contributed by atoms with Gasteiger partial charge in [-0.1, -0.05) is 11.3 Å². The van der Waals surface area contributed by atoms with E-state index >= 15 is 0 Å². The predicted octanol–water partition coefficient (Wildman–Crippen LogP) is -0.267. The highest BCUT2D eigenvalue weighted by Gasteiger charge is 2.28. The molecular formula is C15H17N5O5S. The van der Waals surface area contributed by atoms with E-state index in [-0.39, 0.29) is 29.6 Å². The summed E-state index contributed by atoms with van der Waals surface area (Å²) in [7, 11) is -3.64. The number of carboxylic acids is 1. The van der Waals surface area contributed by atoms with Crippen LogP contribution in [0.2, 0.25) is 0 Å². The lowest BCUT2D eigenvalue weighted by Crippen LogP contribution is -2.27. The standard InChI is InChI=1S/C15H17N5O5S/c21-14(22)9-20-8-12(17-19-20)7-16-15(23)10-2-1-3-13(6-10)26(24,25)18-11-4-5-11/h1-3,6,8,11,18H,4-5,7,9H2,(H,16,23)(H,21,22). The molecule has 3 N–H and O–H groups in total. The molecule has 2 aromatic rings. The van der Waals surface area contributed by atoms with Crippen molar-refractivity contribution < 1.29 is 23.1 Å². The second-order valence-electron chi connectivity index (χ2n) is 5.91. The molecule has 0 unspecified atom stereocenters. The smallest absolute Gasteiger partial charge is 0.325 e. The number of sulfonamides is 1. The number of aromatic nitrogens is 3. The molecule has 0 radical (unpaired) electrons. The topological polar surface area (TPSA) is 143 Å². The summed E-state index contributed by atoms with van der Waals surface area (Å²) in [6.45, 7) is -0.287. The minimum Gasteiger partial charge on any atom is -0.480 e. The van der Waals surface area contributed by atoms with Crippen LogP contribution in [0, 0.1) is 0 Å². The summed E-state index contributed by atoms with van der Waals surface area (Å²) in [5.74, 6) is -1.52. The van der Waals surface area contributed by atoms with Crippen LogP contribution in [0.15, 0.2) is 35.4 Å². The van der Waals surface area contributed by atoms with Gasteiger partial charge in [0.25, 0.3) is 5.91 Å². The number of amides is 1. The Labute approximate surface area is 149 Å². The van der Waals surface area contributed by atoms with Gasteiger partial charge in [-0.2, -0.15) is 0 Å². The van der Waals surface area contributed by atoms with Gasteiger partial charge in [-0.15, -0.1) is 5.10 Å². The van der Waals surface area contributed by atoms with Crippen molar-refractivity contribution in [1.82, 2.24) is 25.0 Å². The maximum absolute atomic E-state index is 12.2. The Hall–Kier alpha value is -2.79. The molecule has 3 rings (SSSR count). The first-order chi connectivity index (χ1) is 12.3. The molecule has 1 fully saturated rings. The lowest BCUT2D eigenvalue weighted by molar-refractivity contribution is -0.137. The number of nitrogens with zero attached hydrogens (tertiary/aromatic N) is 3. The Bertz CT molecular complexity index is 935. The van der Waals surface area contributed by atoms with Crippen LogP contribution in [-0.2, 0) is 27.9 Å². The molecule has 1 saturated carbocycles. The molecule has 0 atom stereocenters. The Morgan fingerprint density at radius 3 is 2.77 bits per heavy atom. The van der Waals surface area contributed by atoms with Crippen LogP contribution in [0.5, 0.6) is 0 Å². The van der Waals surface area contributed by atoms with Crippen molar-refractivity contribution in [2.24, 2.45) is 0 Å². The summed E-state index contributed by atoms with van der Waals surface area (Å²) in [5, 5.41) is 18.7. The molecule has 0 bridgehead atoms. The molecule has 26 heavy (non-hydrogen) atoms. The van der Waals surface area contributed by atoms with E-state index < -0.39 is 21.9 Å². The number of benzene rings is 1. The first kappa shape index (κ1) is 18.0. The van der Waals surface area contributed by atoms with Gasteiger partial charge in [-0.25, -0.2) is 17.8 Å². The van der Waals surface area contributed by atoms with Crippen LogP contribution in [0.1, 0.15) is 28.9 Å².